The first-order valence-corrected chi connectivity index (χ1v) is 6.09. The minimum absolute atomic E-state index is 0.0131. The third-order valence-corrected chi connectivity index (χ3v) is 2.57. The monoisotopic (exact) mass is 261 g/mol. The van der Waals surface area contributed by atoms with Gasteiger partial charge < -0.3 is 14.6 Å². The van der Waals surface area contributed by atoms with E-state index in [1.807, 2.05) is 19.9 Å². The van der Waals surface area contributed by atoms with Crippen molar-refractivity contribution in [3.8, 4) is 11.5 Å². The number of carbonyl (C=O) groups is 1. The van der Waals surface area contributed by atoms with Gasteiger partial charge in [0.15, 0.2) is 11.5 Å². The highest BCUT2D eigenvalue weighted by atomic mass is 16.5. The molecular weight excluding hydrogens is 246 g/mol. The van der Waals surface area contributed by atoms with E-state index in [-0.39, 0.29) is 5.69 Å². The van der Waals surface area contributed by atoms with Crippen LogP contribution in [0.2, 0.25) is 0 Å². The summed E-state index contributed by atoms with van der Waals surface area (Å²) in [5.74, 6) is 0.169. The Morgan fingerprint density at radius 1 is 1.16 bits per heavy atom. The van der Waals surface area contributed by atoms with Crippen LogP contribution in [-0.4, -0.2) is 29.3 Å². The maximum atomic E-state index is 10.9. The summed E-state index contributed by atoms with van der Waals surface area (Å²) < 4.78 is 11.0. The zero-order chi connectivity index (χ0) is 13.8. The summed E-state index contributed by atoms with van der Waals surface area (Å²) in [6.07, 6.45) is 0. The number of fused-ring (bicyclic) bond motifs is 1. The molecule has 0 unspecified atom stereocenters. The lowest BCUT2D eigenvalue weighted by molar-refractivity contribution is 0.0691. The second-order valence-electron chi connectivity index (χ2n) is 3.86. The molecule has 0 aliphatic rings. The average molecular weight is 261 g/mol. The van der Waals surface area contributed by atoms with Crippen LogP contribution in [0.25, 0.3) is 10.9 Å². The van der Waals surface area contributed by atoms with Crippen LogP contribution in [0.15, 0.2) is 24.3 Å². The second kappa shape index (κ2) is 5.56. The van der Waals surface area contributed by atoms with E-state index in [9.17, 15) is 4.79 Å². The SMILES string of the molecule is CCOc1cc2ccc(C(=O)O)nc2cc1OCC. The molecule has 19 heavy (non-hydrogen) atoms. The Kier molecular flexibility index (Phi) is 3.85. The normalized spacial score (nSPS) is 10.4. The predicted molar refractivity (Wildman–Crippen MR) is 71.0 cm³/mol. The average Bonchev–Trinajstić information content (AvgIpc) is 2.39. The van der Waals surface area contributed by atoms with Crippen LogP contribution in [0.1, 0.15) is 24.3 Å². The van der Waals surface area contributed by atoms with Crippen molar-refractivity contribution >= 4 is 16.9 Å². The minimum Gasteiger partial charge on any atom is -0.490 e. The molecule has 5 heteroatoms. The molecule has 0 saturated heterocycles. The molecule has 0 amide bonds. The summed E-state index contributed by atoms with van der Waals surface area (Å²) in [7, 11) is 0. The Hall–Kier alpha value is -2.30. The molecule has 1 heterocycles. The van der Waals surface area contributed by atoms with Gasteiger partial charge in [0.25, 0.3) is 0 Å². The van der Waals surface area contributed by atoms with Gasteiger partial charge in [-0.2, -0.15) is 0 Å². The number of ether oxygens (including phenoxy) is 2. The molecule has 2 aromatic rings. The Bertz CT molecular complexity index is 610. The van der Waals surface area contributed by atoms with Crippen LogP contribution in [0, 0.1) is 0 Å². The van der Waals surface area contributed by atoms with Crippen LogP contribution in [-0.2, 0) is 0 Å². The fourth-order valence-corrected chi connectivity index (χ4v) is 1.79. The van der Waals surface area contributed by atoms with Crippen molar-refractivity contribution in [2.45, 2.75) is 13.8 Å². The Balaban J connectivity index is 2.56. The Morgan fingerprint density at radius 2 is 1.79 bits per heavy atom. The highest BCUT2D eigenvalue weighted by Crippen LogP contribution is 2.32. The van der Waals surface area contributed by atoms with Gasteiger partial charge in [-0.05, 0) is 26.0 Å². The van der Waals surface area contributed by atoms with Crippen LogP contribution in [0.5, 0.6) is 11.5 Å². The predicted octanol–water partition coefficient (Wildman–Crippen LogP) is 2.73. The molecule has 2 rings (SSSR count). The van der Waals surface area contributed by atoms with E-state index in [0.29, 0.717) is 30.2 Å². The topological polar surface area (TPSA) is 68.7 Å². The summed E-state index contributed by atoms with van der Waals surface area (Å²) in [5.41, 5.74) is 0.589. The summed E-state index contributed by atoms with van der Waals surface area (Å²) in [5, 5.41) is 9.75. The number of nitrogens with zero attached hydrogens (tertiary/aromatic N) is 1. The zero-order valence-corrected chi connectivity index (χ0v) is 10.8. The van der Waals surface area contributed by atoms with Crippen LogP contribution < -0.4 is 9.47 Å². The summed E-state index contributed by atoms with van der Waals surface area (Å²) in [6, 6.07) is 6.70. The number of hydrogen-bond acceptors (Lipinski definition) is 4. The quantitative estimate of drug-likeness (QED) is 0.896. The van der Waals surface area contributed by atoms with E-state index in [1.54, 1.807) is 12.1 Å². The van der Waals surface area contributed by atoms with Gasteiger partial charge in [0, 0.05) is 11.5 Å². The molecule has 0 aliphatic heterocycles. The second-order valence-corrected chi connectivity index (χ2v) is 3.86. The Morgan fingerprint density at radius 3 is 2.37 bits per heavy atom. The lowest BCUT2D eigenvalue weighted by Gasteiger charge is -2.12. The van der Waals surface area contributed by atoms with Crippen LogP contribution in [0.4, 0.5) is 0 Å². The van der Waals surface area contributed by atoms with Crippen molar-refractivity contribution in [1.29, 1.82) is 0 Å². The van der Waals surface area contributed by atoms with Gasteiger partial charge in [-0.15, -0.1) is 0 Å². The first-order valence-electron chi connectivity index (χ1n) is 6.09. The standard InChI is InChI=1S/C14H15NO4/c1-3-18-12-7-9-5-6-10(14(16)17)15-11(9)8-13(12)19-4-2/h5-8H,3-4H2,1-2H3,(H,16,17). The van der Waals surface area contributed by atoms with Crippen molar-refractivity contribution in [3.05, 3.63) is 30.0 Å². The highest BCUT2D eigenvalue weighted by Gasteiger charge is 2.10. The van der Waals surface area contributed by atoms with Crippen LogP contribution in [0.3, 0.4) is 0 Å². The molecule has 100 valence electrons. The molecule has 0 fully saturated rings. The molecule has 0 spiro atoms. The van der Waals surface area contributed by atoms with Crippen molar-refractivity contribution in [1.82, 2.24) is 4.98 Å². The maximum Gasteiger partial charge on any atom is 0.354 e. The van der Waals surface area contributed by atoms with Crippen molar-refractivity contribution < 1.29 is 19.4 Å². The number of rotatable bonds is 5. The van der Waals surface area contributed by atoms with E-state index in [4.69, 9.17) is 14.6 Å². The van der Waals surface area contributed by atoms with Gasteiger partial charge in [0.2, 0.25) is 0 Å². The van der Waals surface area contributed by atoms with Crippen LogP contribution >= 0.6 is 0 Å². The molecule has 1 aromatic heterocycles. The molecule has 5 nitrogen and oxygen atoms in total. The zero-order valence-electron chi connectivity index (χ0n) is 10.8. The minimum atomic E-state index is -1.05. The van der Waals surface area contributed by atoms with Crippen molar-refractivity contribution in [3.63, 3.8) is 0 Å². The van der Waals surface area contributed by atoms with Crippen molar-refractivity contribution in [2.75, 3.05) is 13.2 Å². The van der Waals surface area contributed by atoms with E-state index in [2.05, 4.69) is 4.98 Å². The first kappa shape index (κ1) is 13.1. The lowest BCUT2D eigenvalue weighted by atomic mass is 10.2. The molecule has 0 atom stereocenters. The molecule has 1 N–H and O–H groups in total. The number of carboxylic acid groups (broad SMARTS) is 1. The van der Waals surface area contributed by atoms with E-state index >= 15 is 0 Å². The van der Waals surface area contributed by atoms with Gasteiger partial charge in [-0.1, -0.05) is 6.07 Å². The number of benzene rings is 1. The van der Waals surface area contributed by atoms with E-state index in [0.717, 1.165) is 5.39 Å². The summed E-state index contributed by atoms with van der Waals surface area (Å²) in [4.78, 5) is 15.0. The number of pyridine rings is 1. The molecule has 0 radical (unpaired) electrons. The van der Waals surface area contributed by atoms with Gasteiger partial charge in [0.05, 0.1) is 18.7 Å². The van der Waals surface area contributed by atoms with E-state index in [1.165, 1.54) is 6.07 Å². The number of carboxylic acids is 1. The fourth-order valence-electron chi connectivity index (χ4n) is 1.79. The number of hydrogen-bond donors (Lipinski definition) is 1. The van der Waals surface area contributed by atoms with Gasteiger partial charge in [0.1, 0.15) is 5.69 Å². The van der Waals surface area contributed by atoms with Crippen molar-refractivity contribution in [2.24, 2.45) is 0 Å². The number of aromatic carboxylic acids is 1. The van der Waals surface area contributed by atoms with Gasteiger partial charge in [-0.3, -0.25) is 0 Å². The fraction of sp³-hybridized carbons (Fsp3) is 0.286. The highest BCUT2D eigenvalue weighted by molar-refractivity contribution is 5.90. The largest absolute Gasteiger partial charge is 0.490 e. The molecule has 0 saturated carbocycles. The maximum absolute atomic E-state index is 10.9. The molecule has 1 aromatic carbocycles. The third-order valence-electron chi connectivity index (χ3n) is 2.57. The Labute approximate surface area is 110 Å². The van der Waals surface area contributed by atoms with Gasteiger partial charge >= 0.3 is 5.97 Å². The molecule has 0 bridgehead atoms. The summed E-state index contributed by atoms with van der Waals surface area (Å²) >= 11 is 0. The van der Waals surface area contributed by atoms with E-state index < -0.39 is 5.97 Å². The summed E-state index contributed by atoms with van der Waals surface area (Å²) in [6.45, 7) is 4.81. The molecule has 0 aliphatic carbocycles. The molecular formula is C14H15NO4. The number of aromatic nitrogens is 1. The van der Waals surface area contributed by atoms with Gasteiger partial charge in [-0.25, -0.2) is 9.78 Å². The lowest BCUT2D eigenvalue weighted by Crippen LogP contribution is -2.01. The smallest absolute Gasteiger partial charge is 0.354 e. The first-order chi connectivity index (χ1) is 9.15. The third kappa shape index (κ3) is 2.76.